The first-order valence-electron chi connectivity index (χ1n) is 4.55. The van der Waals surface area contributed by atoms with Gasteiger partial charge in [0.2, 0.25) is 10.0 Å². The third-order valence-electron chi connectivity index (χ3n) is 2.15. The van der Waals surface area contributed by atoms with E-state index >= 15 is 0 Å². The van der Waals surface area contributed by atoms with Crippen LogP contribution < -0.4 is 0 Å². The fourth-order valence-electron chi connectivity index (χ4n) is 1.36. The Morgan fingerprint density at radius 3 is 2.81 bits per heavy atom. The van der Waals surface area contributed by atoms with Crippen molar-refractivity contribution in [3.05, 3.63) is 30.7 Å². The summed E-state index contributed by atoms with van der Waals surface area (Å²) in [5.41, 5.74) is 0.674. The van der Waals surface area contributed by atoms with Crippen LogP contribution in [0, 0.1) is 0 Å². The van der Waals surface area contributed by atoms with Crippen LogP contribution in [0.4, 0.5) is 0 Å². The molecule has 1 aromatic rings. The molecule has 7 heteroatoms. The SMILES string of the molecule is CS(=O)(=O)N1C=CC=C(n2cc(O)cn2)C1. The summed E-state index contributed by atoms with van der Waals surface area (Å²) in [6.45, 7) is 0.205. The molecule has 0 fully saturated rings. The first-order chi connectivity index (χ1) is 7.47. The van der Waals surface area contributed by atoms with Gasteiger partial charge < -0.3 is 5.11 Å². The Hall–Kier alpha value is -1.76. The monoisotopic (exact) mass is 241 g/mol. The van der Waals surface area contributed by atoms with Crippen LogP contribution in [-0.4, -0.2) is 40.4 Å². The van der Waals surface area contributed by atoms with E-state index < -0.39 is 10.0 Å². The first-order valence-corrected chi connectivity index (χ1v) is 6.40. The third kappa shape index (κ3) is 2.08. The second-order valence-electron chi connectivity index (χ2n) is 3.45. The zero-order chi connectivity index (χ0) is 11.8. The first kappa shape index (κ1) is 10.7. The van der Waals surface area contributed by atoms with E-state index in [9.17, 15) is 8.42 Å². The molecule has 16 heavy (non-hydrogen) atoms. The Bertz CT molecular complexity index is 556. The van der Waals surface area contributed by atoms with Gasteiger partial charge in [0.1, 0.15) is 0 Å². The lowest BCUT2D eigenvalue weighted by Gasteiger charge is -2.22. The van der Waals surface area contributed by atoms with Crippen LogP contribution in [-0.2, 0) is 10.0 Å². The summed E-state index contributed by atoms with van der Waals surface area (Å²) >= 11 is 0. The van der Waals surface area contributed by atoms with Crippen molar-refractivity contribution in [2.45, 2.75) is 0 Å². The summed E-state index contributed by atoms with van der Waals surface area (Å²) in [6, 6.07) is 0. The number of rotatable bonds is 2. The van der Waals surface area contributed by atoms with E-state index in [4.69, 9.17) is 5.11 Å². The number of allylic oxidation sites excluding steroid dienone is 2. The van der Waals surface area contributed by atoms with Gasteiger partial charge in [0, 0.05) is 6.20 Å². The topological polar surface area (TPSA) is 75.4 Å². The maximum atomic E-state index is 11.3. The molecule has 2 heterocycles. The van der Waals surface area contributed by atoms with E-state index in [-0.39, 0.29) is 12.3 Å². The van der Waals surface area contributed by atoms with Crippen LogP contribution in [0.3, 0.4) is 0 Å². The summed E-state index contributed by atoms with van der Waals surface area (Å²) in [7, 11) is -3.26. The molecule has 0 saturated carbocycles. The third-order valence-corrected chi connectivity index (χ3v) is 3.25. The Kier molecular flexibility index (Phi) is 2.47. The predicted octanol–water partition coefficient (Wildman–Crippen LogP) is 0.218. The minimum absolute atomic E-state index is 0.0429. The minimum atomic E-state index is -3.26. The van der Waals surface area contributed by atoms with E-state index in [1.807, 2.05) is 0 Å². The zero-order valence-corrected chi connectivity index (χ0v) is 9.42. The number of hydrogen-bond acceptors (Lipinski definition) is 4. The van der Waals surface area contributed by atoms with Gasteiger partial charge in [-0.1, -0.05) is 0 Å². The fourth-order valence-corrected chi connectivity index (χ4v) is 2.02. The molecular weight excluding hydrogens is 230 g/mol. The molecule has 1 aliphatic rings. The summed E-state index contributed by atoms with van der Waals surface area (Å²) in [6.07, 6.45) is 8.71. The summed E-state index contributed by atoms with van der Waals surface area (Å²) < 4.78 is 25.3. The van der Waals surface area contributed by atoms with Gasteiger partial charge >= 0.3 is 0 Å². The Morgan fingerprint density at radius 1 is 1.50 bits per heavy atom. The fraction of sp³-hybridized carbons (Fsp3) is 0.222. The van der Waals surface area contributed by atoms with Crippen molar-refractivity contribution in [2.75, 3.05) is 12.8 Å². The average molecular weight is 241 g/mol. The van der Waals surface area contributed by atoms with Crippen LogP contribution >= 0.6 is 0 Å². The second kappa shape index (κ2) is 3.67. The summed E-state index contributed by atoms with van der Waals surface area (Å²) in [5, 5.41) is 13.0. The van der Waals surface area contributed by atoms with E-state index in [0.29, 0.717) is 5.70 Å². The summed E-state index contributed by atoms with van der Waals surface area (Å²) in [4.78, 5) is 0. The maximum Gasteiger partial charge on any atom is 0.232 e. The lowest BCUT2D eigenvalue weighted by Crippen LogP contribution is -2.29. The molecule has 2 rings (SSSR count). The maximum absolute atomic E-state index is 11.3. The smallest absolute Gasteiger partial charge is 0.232 e. The highest BCUT2D eigenvalue weighted by atomic mass is 32.2. The molecule has 1 aromatic heterocycles. The lowest BCUT2D eigenvalue weighted by molar-refractivity contribution is 0.475. The highest BCUT2D eigenvalue weighted by molar-refractivity contribution is 7.88. The van der Waals surface area contributed by atoms with Crippen molar-refractivity contribution in [3.8, 4) is 5.75 Å². The van der Waals surface area contributed by atoms with Crippen LogP contribution in [0.15, 0.2) is 30.7 Å². The molecule has 0 atom stereocenters. The van der Waals surface area contributed by atoms with Crippen LogP contribution in [0.1, 0.15) is 0 Å². The normalized spacial score (nSPS) is 16.3. The van der Waals surface area contributed by atoms with E-state index in [1.165, 1.54) is 27.6 Å². The van der Waals surface area contributed by atoms with Crippen molar-refractivity contribution < 1.29 is 13.5 Å². The van der Waals surface area contributed by atoms with Gasteiger partial charge in [0.15, 0.2) is 5.75 Å². The molecule has 0 aliphatic carbocycles. The van der Waals surface area contributed by atoms with Crippen LogP contribution in [0.2, 0.25) is 0 Å². The highest BCUT2D eigenvalue weighted by Crippen LogP contribution is 2.16. The largest absolute Gasteiger partial charge is 0.505 e. The minimum Gasteiger partial charge on any atom is -0.505 e. The molecule has 86 valence electrons. The molecule has 0 spiro atoms. The van der Waals surface area contributed by atoms with Crippen molar-refractivity contribution in [1.82, 2.24) is 14.1 Å². The number of aromatic nitrogens is 2. The molecule has 6 nitrogen and oxygen atoms in total. The molecule has 0 amide bonds. The molecule has 0 radical (unpaired) electrons. The zero-order valence-electron chi connectivity index (χ0n) is 8.61. The molecule has 1 aliphatic heterocycles. The van der Waals surface area contributed by atoms with Crippen LogP contribution in [0.25, 0.3) is 5.70 Å². The molecule has 0 unspecified atom stereocenters. The number of nitrogens with zero attached hydrogens (tertiary/aromatic N) is 3. The molecule has 1 N–H and O–H groups in total. The van der Waals surface area contributed by atoms with Crippen molar-refractivity contribution in [2.24, 2.45) is 0 Å². The molecule has 0 saturated heterocycles. The number of aromatic hydroxyl groups is 1. The van der Waals surface area contributed by atoms with Gasteiger partial charge in [-0.2, -0.15) is 5.10 Å². The number of sulfonamides is 1. The van der Waals surface area contributed by atoms with Gasteiger partial charge in [-0.3, -0.25) is 4.31 Å². The molecule has 0 aromatic carbocycles. The van der Waals surface area contributed by atoms with E-state index in [0.717, 1.165) is 6.26 Å². The van der Waals surface area contributed by atoms with Crippen LogP contribution in [0.5, 0.6) is 5.75 Å². The Morgan fingerprint density at radius 2 is 2.25 bits per heavy atom. The van der Waals surface area contributed by atoms with Crippen molar-refractivity contribution in [3.63, 3.8) is 0 Å². The average Bonchev–Trinajstić information content (AvgIpc) is 2.64. The van der Waals surface area contributed by atoms with Gasteiger partial charge in [0.25, 0.3) is 0 Å². The van der Waals surface area contributed by atoms with Crippen molar-refractivity contribution >= 4 is 15.7 Å². The van der Waals surface area contributed by atoms with Gasteiger partial charge in [0.05, 0.1) is 30.9 Å². The quantitative estimate of drug-likeness (QED) is 0.803. The molecule has 0 bridgehead atoms. The van der Waals surface area contributed by atoms with Gasteiger partial charge in [-0.15, -0.1) is 0 Å². The van der Waals surface area contributed by atoms with Gasteiger partial charge in [-0.25, -0.2) is 13.1 Å². The Balaban J connectivity index is 2.27. The number of hydrogen-bond donors (Lipinski definition) is 1. The Labute approximate surface area is 93.2 Å². The van der Waals surface area contributed by atoms with Crippen molar-refractivity contribution in [1.29, 1.82) is 0 Å². The highest BCUT2D eigenvalue weighted by Gasteiger charge is 2.17. The lowest BCUT2D eigenvalue weighted by atomic mass is 10.3. The van der Waals surface area contributed by atoms with E-state index in [2.05, 4.69) is 5.10 Å². The summed E-state index contributed by atoms with van der Waals surface area (Å²) in [5.74, 6) is 0.0429. The van der Waals surface area contributed by atoms with Gasteiger partial charge in [-0.05, 0) is 12.2 Å². The van der Waals surface area contributed by atoms with E-state index in [1.54, 1.807) is 12.2 Å². The standard InChI is InChI=1S/C9H11N3O3S/c1-16(14,15)11-4-2-3-8(6-11)12-7-9(13)5-10-12/h2-5,7,13H,6H2,1H3. The molecular formula is C9H11N3O3S. The second-order valence-corrected chi connectivity index (χ2v) is 5.39. The predicted molar refractivity (Wildman–Crippen MR) is 58.9 cm³/mol.